The van der Waals surface area contributed by atoms with E-state index in [-0.39, 0.29) is 0 Å². The number of methoxy groups -OCH3 is 2. The van der Waals surface area contributed by atoms with Crippen molar-refractivity contribution in [2.24, 2.45) is 0 Å². The predicted octanol–water partition coefficient (Wildman–Crippen LogP) is 5.59. The van der Waals surface area contributed by atoms with Crippen LogP contribution in [0.4, 0.5) is 0 Å². The molecule has 0 spiro atoms. The molecule has 130 valence electrons. The molecule has 3 nitrogen and oxygen atoms in total. The molecule has 0 amide bonds. The van der Waals surface area contributed by atoms with E-state index in [1.807, 2.05) is 36.4 Å². The van der Waals surface area contributed by atoms with Gasteiger partial charge in [0.25, 0.3) is 0 Å². The normalized spacial score (nSPS) is 10.8. The second-order valence-electron chi connectivity index (χ2n) is 6.15. The first-order valence-electron chi connectivity index (χ1n) is 8.54. The lowest BCUT2D eigenvalue weighted by Crippen LogP contribution is -1.95. The quantitative estimate of drug-likeness (QED) is 0.442. The molecule has 26 heavy (non-hydrogen) atoms. The standard InChI is InChI=1S/C23H20O3/c1-24-22-12-18-9-8-17-10-11-19(26-15-16-6-4-3-5-7-16)13-20(17)21(18)14-23(22)25-2/h3-14H,15H2,1-2H3. The van der Waals surface area contributed by atoms with Crippen LogP contribution in [0.25, 0.3) is 21.5 Å². The molecule has 0 atom stereocenters. The second-order valence-corrected chi connectivity index (χ2v) is 6.15. The van der Waals surface area contributed by atoms with Crippen LogP contribution in [0.1, 0.15) is 5.56 Å². The van der Waals surface area contributed by atoms with Gasteiger partial charge in [0.15, 0.2) is 11.5 Å². The smallest absolute Gasteiger partial charge is 0.161 e. The van der Waals surface area contributed by atoms with E-state index in [0.717, 1.165) is 44.4 Å². The third kappa shape index (κ3) is 3.04. The zero-order chi connectivity index (χ0) is 17.9. The van der Waals surface area contributed by atoms with Crippen molar-refractivity contribution in [3.8, 4) is 17.2 Å². The summed E-state index contributed by atoms with van der Waals surface area (Å²) >= 11 is 0. The fourth-order valence-electron chi connectivity index (χ4n) is 3.19. The molecule has 4 aromatic rings. The number of hydrogen-bond donors (Lipinski definition) is 0. The van der Waals surface area contributed by atoms with Gasteiger partial charge in [-0.3, -0.25) is 0 Å². The predicted molar refractivity (Wildman–Crippen MR) is 105 cm³/mol. The maximum Gasteiger partial charge on any atom is 0.161 e. The topological polar surface area (TPSA) is 27.7 Å². The van der Waals surface area contributed by atoms with Gasteiger partial charge in [-0.1, -0.05) is 48.5 Å². The average molecular weight is 344 g/mol. The molecule has 0 saturated carbocycles. The van der Waals surface area contributed by atoms with Crippen LogP contribution in [0.3, 0.4) is 0 Å². The monoisotopic (exact) mass is 344 g/mol. The van der Waals surface area contributed by atoms with Gasteiger partial charge < -0.3 is 14.2 Å². The largest absolute Gasteiger partial charge is 0.493 e. The molecule has 0 fully saturated rings. The van der Waals surface area contributed by atoms with Crippen LogP contribution in [-0.2, 0) is 6.61 Å². The van der Waals surface area contributed by atoms with E-state index in [2.05, 4.69) is 36.4 Å². The molecule has 0 bridgehead atoms. The molecule has 0 radical (unpaired) electrons. The first-order valence-corrected chi connectivity index (χ1v) is 8.54. The average Bonchev–Trinajstić information content (AvgIpc) is 2.71. The second kappa shape index (κ2) is 6.96. The van der Waals surface area contributed by atoms with Gasteiger partial charge in [-0.05, 0) is 51.4 Å². The minimum Gasteiger partial charge on any atom is -0.493 e. The van der Waals surface area contributed by atoms with Crippen molar-refractivity contribution >= 4 is 21.5 Å². The Morgan fingerprint density at radius 2 is 1.31 bits per heavy atom. The van der Waals surface area contributed by atoms with E-state index in [9.17, 15) is 0 Å². The Hall–Kier alpha value is -3.20. The van der Waals surface area contributed by atoms with E-state index < -0.39 is 0 Å². The molecular formula is C23H20O3. The molecule has 0 unspecified atom stereocenters. The highest BCUT2D eigenvalue weighted by molar-refractivity contribution is 6.09. The highest BCUT2D eigenvalue weighted by Crippen LogP contribution is 2.36. The van der Waals surface area contributed by atoms with Crippen molar-refractivity contribution in [3.05, 3.63) is 78.4 Å². The van der Waals surface area contributed by atoms with Crippen molar-refractivity contribution in [1.29, 1.82) is 0 Å². The molecular weight excluding hydrogens is 324 g/mol. The van der Waals surface area contributed by atoms with Crippen molar-refractivity contribution in [2.45, 2.75) is 6.61 Å². The minimum absolute atomic E-state index is 0.550. The molecule has 0 aliphatic heterocycles. The molecule has 0 N–H and O–H groups in total. The molecule has 0 aromatic heterocycles. The summed E-state index contributed by atoms with van der Waals surface area (Å²) in [7, 11) is 3.31. The maximum atomic E-state index is 5.99. The van der Waals surface area contributed by atoms with E-state index in [1.165, 1.54) is 0 Å². The highest BCUT2D eigenvalue weighted by atomic mass is 16.5. The van der Waals surface area contributed by atoms with E-state index in [1.54, 1.807) is 14.2 Å². The van der Waals surface area contributed by atoms with E-state index in [0.29, 0.717) is 6.61 Å². The lowest BCUT2D eigenvalue weighted by molar-refractivity contribution is 0.306. The lowest BCUT2D eigenvalue weighted by atomic mass is 10.0. The van der Waals surface area contributed by atoms with Crippen molar-refractivity contribution in [2.75, 3.05) is 14.2 Å². The Bertz CT molecular complexity index is 1060. The SMILES string of the molecule is COc1cc2ccc3ccc(OCc4ccccc4)cc3c2cc1OC. The van der Waals surface area contributed by atoms with Crippen LogP contribution in [0.15, 0.2) is 72.8 Å². The molecule has 4 aromatic carbocycles. The van der Waals surface area contributed by atoms with Crippen molar-refractivity contribution in [3.63, 3.8) is 0 Å². The number of benzene rings is 4. The van der Waals surface area contributed by atoms with Crippen molar-refractivity contribution in [1.82, 2.24) is 0 Å². The van der Waals surface area contributed by atoms with Gasteiger partial charge in [-0.25, -0.2) is 0 Å². The Labute approximate surface area is 152 Å². The van der Waals surface area contributed by atoms with Crippen LogP contribution >= 0.6 is 0 Å². The van der Waals surface area contributed by atoms with Crippen molar-refractivity contribution < 1.29 is 14.2 Å². The van der Waals surface area contributed by atoms with Gasteiger partial charge >= 0.3 is 0 Å². The zero-order valence-corrected chi connectivity index (χ0v) is 14.9. The summed E-state index contributed by atoms with van der Waals surface area (Å²) in [4.78, 5) is 0. The van der Waals surface area contributed by atoms with Crippen LogP contribution < -0.4 is 14.2 Å². The summed E-state index contributed by atoms with van der Waals surface area (Å²) in [5.74, 6) is 2.31. The maximum absolute atomic E-state index is 5.99. The summed E-state index contributed by atoms with van der Waals surface area (Å²) in [6.45, 7) is 0.550. The van der Waals surface area contributed by atoms with Gasteiger partial charge in [0.05, 0.1) is 14.2 Å². The molecule has 0 aliphatic rings. The Morgan fingerprint density at radius 1 is 0.654 bits per heavy atom. The van der Waals surface area contributed by atoms with Gasteiger partial charge in [0.1, 0.15) is 12.4 Å². The highest BCUT2D eigenvalue weighted by Gasteiger charge is 2.09. The summed E-state index contributed by atoms with van der Waals surface area (Å²) < 4.78 is 16.9. The minimum atomic E-state index is 0.550. The van der Waals surface area contributed by atoms with E-state index >= 15 is 0 Å². The van der Waals surface area contributed by atoms with Crippen LogP contribution in [-0.4, -0.2) is 14.2 Å². The summed E-state index contributed by atoms with van der Waals surface area (Å²) in [6, 6.07) is 24.6. The fourth-order valence-corrected chi connectivity index (χ4v) is 3.19. The number of rotatable bonds is 5. The number of fused-ring (bicyclic) bond motifs is 3. The molecule has 0 aliphatic carbocycles. The number of ether oxygens (including phenoxy) is 3. The summed E-state index contributed by atoms with van der Waals surface area (Å²) in [6.07, 6.45) is 0. The summed E-state index contributed by atoms with van der Waals surface area (Å²) in [5, 5.41) is 4.52. The van der Waals surface area contributed by atoms with Crippen LogP contribution in [0.2, 0.25) is 0 Å². The Kier molecular flexibility index (Phi) is 4.36. The zero-order valence-electron chi connectivity index (χ0n) is 14.9. The first kappa shape index (κ1) is 16.3. The lowest BCUT2D eigenvalue weighted by Gasteiger charge is -2.12. The third-order valence-corrected chi connectivity index (χ3v) is 4.56. The Morgan fingerprint density at radius 3 is 2.08 bits per heavy atom. The molecule has 0 heterocycles. The molecule has 4 rings (SSSR count). The van der Waals surface area contributed by atoms with Gasteiger partial charge in [-0.15, -0.1) is 0 Å². The number of hydrogen-bond acceptors (Lipinski definition) is 3. The van der Waals surface area contributed by atoms with Gasteiger partial charge in [0, 0.05) is 0 Å². The fraction of sp³-hybridized carbons (Fsp3) is 0.130. The molecule has 0 saturated heterocycles. The van der Waals surface area contributed by atoms with E-state index in [4.69, 9.17) is 14.2 Å². The first-order chi connectivity index (χ1) is 12.8. The van der Waals surface area contributed by atoms with Gasteiger partial charge in [0.2, 0.25) is 0 Å². The third-order valence-electron chi connectivity index (χ3n) is 4.56. The summed E-state index contributed by atoms with van der Waals surface area (Å²) in [5.41, 5.74) is 1.15. The Balaban J connectivity index is 1.76. The van der Waals surface area contributed by atoms with Crippen LogP contribution in [0, 0.1) is 0 Å². The molecule has 3 heteroatoms. The van der Waals surface area contributed by atoms with Gasteiger partial charge in [-0.2, -0.15) is 0 Å². The van der Waals surface area contributed by atoms with Crippen LogP contribution in [0.5, 0.6) is 17.2 Å².